The first kappa shape index (κ1) is 21.8. The number of halogens is 2. The van der Waals surface area contributed by atoms with Gasteiger partial charge in [-0.15, -0.1) is 0 Å². The van der Waals surface area contributed by atoms with Crippen LogP contribution < -0.4 is 21.1 Å². The van der Waals surface area contributed by atoms with Gasteiger partial charge < -0.3 is 20.5 Å². The summed E-state index contributed by atoms with van der Waals surface area (Å²) in [6.45, 7) is 3.09. The van der Waals surface area contributed by atoms with Gasteiger partial charge >= 0.3 is 0 Å². The van der Waals surface area contributed by atoms with Crippen LogP contribution in [0.5, 0.6) is 0 Å². The van der Waals surface area contributed by atoms with Crippen molar-refractivity contribution in [2.45, 2.75) is 32.4 Å². The molecule has 10 heteroatoms. The minimum absolute atomic E-state index is 0.0365. The summed E-state index contributed by atoms with van der Waals surface area (Å²) in [4.78, 5) is 35.7. The number of hydrogen-bond donors (Lipinski definition) is 3. The van der Waals surface area contributed by atoms with E-state index < -0.39 is 23.2 Å². The molecule has 168 valence electrons. The summed E-state index contributed by atoms with van der Waals surface area (Å²) < 4.78 is 29.2. The maximum atomic E-state index is 14.8. The smallest absolute Gasteiger partial charge is 0.269 e. The first-order chi connectivity index (χ1) is 15.4. The number of aryl methyl sites for hydroxylation is 1. The van der Waals surface area contributed by atoms with Crippen LogP contribution in [0, 0.1) is 18.7 Å². The van der Waals surface area contributed by atoms with Crippen LogP contribution in [-0.4, -0.2) is 47.0 Å². The van der Waals surface area contributed by atoms with Crippen molar-refractivity contribution in [3.8, 4) is 0 Å². The standard InChI is InChI=1S/C22H24F2N6O2/c1-12-21(31)29-19-15(27-12)4-3-13(18(19)23)11-26-14-7-9-30(10-8-14)17-6-5-16(22(32)25-2)28-20(17)24/h3-6,14,26H,7-11H2,1-2H3,(H,25,32)(H,29,31). The third-order valence-electron chi connectivity index (χ3n) is 5.76. The Morgan fingerprint density at radius 2 is 1.94 bits per heavy atom. The molecule has 1 aliphatic rings. The molecular weight excluding hydrogens is 418 g/mol. The zero-order valence-corrected chi connectivity index (χ0v) is 17.8. The zero-order chi connectivity index (χ0) is 22.8. The van der Waals surface area contributed by atoms with Crippen LogP contribution >= 0.6 is 0 Å². The number of nitrogens with zero attached hydrogens (tertiary/aromatic N) is 3. The molecule has 8 nitrogen and oxygen atoms in total. The Balaban J connectivity index is 1.38. The predicted molar refractivity (Wildman–Crippen MR) is 117 cm³/mol. The first-order valence-electron chi connectivity index (χ1n) is 10.4. The normalized spacial score (nSPS) is 14.7. The number of carbonyl (C=O) groups is 1. The number of pyridine rings is 1. The van der Waals surface area contributed by atoms with Crippen molar-refractivity contribution in [3.63, 3.8) is 0 Å². The molecule has 1 amide bonds. The van der Waals surface area contributed by atoms with Crippen molar-refractivity contribution in [1.82, 2.24) is 25.6 Å². The highest BCUT2D eigenvalue weighted by Gasteiger charge is 2.23. The van der Waals surface area contributed by atoms with E-state index in [4.69, 9.17) is 0 Å². The number of H-pyrrole nitrogens is 1. The van der Waals surface area contributed by atoms with Gasteiger partial charge in [-0.2, -0.15) is 4.39 Å². The molecule has 1 aliphatic heterocycles. The Hall–Kier alpha value is -3.40. The van der Waals surface area contributed by atoms with Crippen LogP contribution in [0.25, 0.3) is 11.0 Å². The zero-order valence-electron chi connectivity index (χ0n) is 17.8. The molecule has 0 atom stereocenters. The predicted octanol–water partition coefficient (Wildman–Crippen LogP) is 2.02. The summed E-state index contributed by atoms with van der Waals surface area (Å²) in [6, 6.07) is 6.57. The summed E-state index contributed by atoms with van der Waals surface area (Å²) in [6.07, 6.45) is 1.48. The van der Waals surface area contributed by atoms with E-state index in [0.717, 1.165) is 12.8 Å². The van der Waals surface area contributed by atoms with E-state index in [2.05, 4.69) is 25.6 Å². The number of rotatable bonds is 5. The monoisotopic (exact) mass is 442 g/mol. The Kier molecular flexibility index (Phi) is 6.13. The van der Waals surface area contributed by atoms with Gasteiger partial charge in [-0.05, 0) is 38.0 Å². The van der Waals surface area contributed by atoms with Crippen LogP contribution in [0.15, 0.2) is 29.1 Å². The molecule has 1 aromatic carbocycles. The van der Waals surface area contributed by atoms with E-state index in [1.165, 1.54) is 13.1 Å². The van der Waals surface area contributed by atoms with Gasteiger partial charge in [0.15, 0.2) is 5.82 Å². The van der Waals surface area contributed by atoms with Crippen molar-refractivity contribution in [2.24, 2.45) is 0 Å². The van der Waals surface area contributed by atoms with Gasteiger partial charge in [0, 0.05) is 38.3 Å². The quantitative estimate of drug-likeness (QED) is 0.523. The number of anilines is 1. The molecule has 3 N–H and O–H groups in total. The highest BCUT2D eigenvalue weighted by molar-refractivity contribution is 5.92. The van der Waals surface area contributed by atoms with Crippen molar-refractivity contribution in [3.05, 3.63) is 63.3 Å². The summed E-state index contributed by atoms with van der Waals surface area (Å²) in [5, 5.41) is 5.77. The lowest BCUT2D eigenvalue weighted by Crippen LogP contribution is -2.42. The van der Waals surface area contributed by atoms with E-state index in [-0.39, 0.29) is 17.3 Å². The van der Waals surface area contributed by atoms with Crippen molar-refractivity contribution >= 4 is 22.6 Å². The highest BCUT2D eigenvalue weighted by Crippen LogP contribution is 2.23. The van der Waals surface area contributed by atoms with Gasteiger partial charge in [0.05, 0.1) is 11.2 Å². The lowest BCUT2D eigenvalue weighted by Gasteiger charge is -2.34. The van der Waals surface area contributed by atoms with Gasteiger partial charge in [0.25, 0.3) is 11.5 Å². The molecule has 1 saturated heterocycles. The molecule has 3 heterocycles. The van der Waals surface area contributed by atoms with Crippen LogP contribution in [-0.2, 0) is 6.54 Å². The van der Waals surface area contributed by atoms with Crippen molar-refractivity contribution < 1.29 is 13.6 Å². The molecule has 32 heavy (non-hydrogen) atoms. The number of amides is 1. The molecular formula is C22H24F2N6O2. The Bertz CT molecular complexity index is 1220. The number of aromatic amines is 1. The fourth-order valence-corrected chi connectivity index (χ4v) is 3.89. The highest BCUT2D eigenvalue weighted by atomic mass is 19.1. The molecule has 0 aliphatic carbocycles. The summed E-state index contributed by atoms with van der Waals surface area (Å²) in [5.74, 6) is -1.59. The number of benzene rings is 1. The minimum atomic E-state index is -0.673. The Morgan fingerprint density at radius 1 is 1.19 bits per heavy atom. The third-order valence-corrected chi connectivity index (χ3v) is 5.76. The topological polar surface area (TPSA) is 103 Å². The van der Waals surface area contributed by atoms with Gasteiger partial charge in [-0.1, -0.05) is 6.07 Å². The molecule has 2 aromatic heterocycles. The second-order valence-electron chi connectivity index (χ2n) is 7.81. The Labute approximate surface area is 183 Å². The summed E-state index contributed by atoms with van der Waals surface area (Å²) >= 11 is 0. The number of aromatic nitrogens is 3. The second kappa shape index (κ2) is 8.99. The molecule has 0 spiro atoms. The molecule has 1 fully saturated rings. The molecule has 4 rings (SSSR count). The second-order valence-corrected chi connectivity index (χ2v) is 7.81. The van der Waals surface area contributed by atoms with E-state index in [0.29, 0.717) is 42.1 Å². The van der Waals surface area contributed by atoms with E-state index in [1.54, 1.807) is 25.1 Å². The molecule has 0 saturated carbocycles. The maximum absolute atomic E-state index is 14.8. The number of nitrogens with one attached hydrogen (secondary N) is 3. The average Bonchev–Trinajstić information content (AvgIpc) is 2.80. The van der Waals surface area contributed by atoms with Crippen LogP contribution in [0.1, 0.15) is 34.6 Å². The lowest BCUT2D eigenvalue weighted by molar-refractivity contribution is 0.0957. The van der Waals surface area contributed by atoms with Gasteiger partial charge in [0.1, 0.15) is 16.9 Å². The molecule has 0 radical (unpaired) electrons. The molecule has 0 bridgehead atoms. The van der Waals surface area contributed by atoms with E-state index in [1.807, 2.05) is 4.90 Å². The largest absolute Gasteiger partial charge is 0.368 e. The minimum Gasteiger partial charge on any atom is -0.368 e. The Morgan fingerprint density at radius 3 is 2.62 bits per heavy atom. The third kappa shape index (κ3) is 4.31. The van der Waals surface area contributed by atoms with Crippen molar-refractivity contribution in [2.75, 3.05) is 25.0 Å². The summed E-state index contributed by atoms with van der Waals surface area (Å²) in [7, 11) is 1.47. The number of fused-ring (bicyclic) bond motifs is 1. The van der Waals surface area contributed by atoms with Crippen molar-refractivity contribution in [1.29, 1.82) is 0 Å². The van der Waals surface area contributed by atoms with Crippen LogP contribution in [0.4, 0.5) is 14.5 Å². The first-order valence-corrected chi connectivity index (χ1v) is 10.4. The number of carbonyl (C=O) groups excluding carboxylic acids is 1. The summed E-state index contributed by atoms with van der Waals surface area (Å²) in [5.41, 5.74) is 1.26. The van der Waals surface area contributed by atoms with Gasteiger partial charge in [-0.25, -0.2) is 14.4 Å². The van der Waals surface area contributed by atoms with Gasteiger partial charge in [-0.3, -0.25) is 9.59 Å². The van der Waals surface area contributed by atoms with E-state index in [9.17, 15) is 18.4 Å². The maximum Gasteiger partial charge on any atom is 0.269 e. The average molecular weight is 442 g/mol. The number of piperidine rings is 1. The lowest BCUT2D eigenvalue weighted by atomic mass is 10.0. The van der Waals surface area contributed by atoms with E-state index >= 15 is 0 Å². The molecule has 3 aromatic rings. The number of hydrogen-bond acceptors (Lipinski definition) is 6. The van der Waals surface area contributed by atoms with Crippen LogP contribution in [0.3, 0.4) is 0 Å². The fraction of sp³-hybridized carbons (Fsp3) is 0.364. The van der Waals surface area contributed by atoms with Gasteiger partial charge in [0.2, 0.25) is 5.95 Å². The molecule has 0 unspecified atom stereocenters. The fourth-order valence-electron chi connectivity index (χ4n) is 3.89. The van der Waals surface area contributed by atoms with Crippen LogP contribution in [0.2, 0.25) is 0 Å². The SMILES string of the molecule is CNC(=O)c1ccc(N2CCC(NCc3ccc4nc(C)c(=O)[nH]c4c3F)CC2)c(F)n1.